The molecule has 162 valence electrons. The van der Waals surface area contributed by atoms with E-state index in [-0.39, 0.29) is 42.3 Å². The first kappa shape index (κ1) is 24.9. The van der Waals surface area contributed by atoms with Gasteiger partial charge in [0.25, 0.3) is 0 Å². The first-order valence-corrected chi connectivity index (χ1v) is 10.2. The van der Waals surface area contributed by atoms with Gasteiger partial charge in [0.15, 0.2) is 5.96 Å². The minimum Gasteiger partial charge on any atom is -0.354 e. The summed E-state index contributed by atoms with van der Waals surface area (Å²) in [5, 5.41) is 3.44. The number of piperazine rings is 1. The number of amides is 2. The van der Waals surface area contributed by atoms with E-state index < -0.39 is 0 Å². The van der Waals surface area contributed by atoms with Crippen molar-refractivity contribution < 1.29 is 9.59 Å². The van der Waals surface area contributed by atoms with Gasteiger partial charge in [0.2, 0.25) is 11.8 Å². The van der Waals surface area contributed by atoms with Gasteiger partial charge in [-0.25, -0.2) is 4.99 Å². The van der Waals surface area contributed by atoms with Gasteiger partial charge in [-0.1, -0.05) is 6.92 Å². The Morgan fingerprint density at radius 2 is 1.64 bits per heavy atom. The zero-order valence-corrected chi connectivity index (χ0v) is 20.1. The molecule has 0 aromatic heterocycles. The van der Waals surface area contributed by atoms with Crippen LogP contribution >= 0.6 is 24.0 Å². The quantitative estimate of drug-likeness (QED) is 0.325. The van der Waals surface area contributed by atoms with E-state index in [9.17, 15) is 9.59 Å². The number of rotatable bonds is 6. The number of halogens is 1. The Bertz CT molecular complexity index is 529. The number of aliphatic imine (C=N–C) groups is 1. The highest BCUT2D eigenvalue weighted by atomic mass is 127. The van der Waals surface area contributed by atoms with E-state index in [0.717, 1.165) is 64.5 Å². The standard InChI is InChI=1S/C19H36N6O2.HI/c1-5-16(2)21-19(20-14-17(26)22(3)4)25-12-10-23(11-13-25)15-18(27)24-8-6-7-9-24;/h16H,5-15H2,1-4H3,(H,20,21);1H. The maximum Gasteiger partial charge on any atom is 0.243 e. The monoisotopic (exact) mass is 508 g/mol. The third kappa shape index (κ3) is 7.73. The van der Waals surface area contributed by atoms with Gasteiger partial charge in [-0.05, 0) is 26.2 Å². The van der Waals surface area contributed by atoms with Gasteiger partial charge in [0, 0.05) is 59.4 Å². The van der Waals surface area contributed by atoms with Crippen molar-refractivity contribution in [2.75, 3.05) is 66.5 Å². The molecule has 2 rings (SSSR count). The van der Waals surface area contributed by atoms with Gasteiger partial charge < -0.3 is 20.0 Å². The summed E-state index contributed by atoms with van der Waals surface area (Å²) >= 11 is 0. The molecule has 0 aromatic rings. The van der Waals surface area contributed by atoms with E-state index in [1.54, 1.807) is 19.0 Å². The second-order valence-electron chi connectivity index (χ2n) is 7.73. The van der Waals surface area contributed by atoms with Crippen LogP contribution in [-0.2, 0) is 9.59 Å². The van der Waals surface area contributed by atoms with Crippen molar-refractivity contribution in [3.05, 3.63) is 0 Å². The number of nitrogens with zero attached hydrogens (tertiary/aromatic N) is 5. The van der Waals surface area contributed by atoms with Crippen molar-refractivity contribution >= 4 is 41.8 Å². The van der Waals surface area contributed by atoms with Crippen LogP contribution in [0.2, 0.25) is 0 Å². The number of nitrogens with one attached hydrogen (secondary N) is 1. The number of hydrogen-bond acceptors (Lipinski definition) is 4. The van der Waals surface area contributed by atoms with Gasteiger partial charge in [-0.3, -0.25) is 14.5 Å². The summed E-state index contributed by atoms with van der Waals surface area (Å²) in [5.74, 6) is 1.04. The molecule has 0 saturated carbocycles. The zero-order valence-electron chi connectivity index (χ0n) is 17.8. The van der Waals surface area contributed by atoms with Gasteiger partial charge >= 0.3 is 0 Å². The summed E-state index contributed by atoms with van der Waals surface area (Å²) in [4.78, 5) is 36.8. The zero-order chi connectivity index (χ0) is 19.8. The topological polar surface area (TPSA) is 71.5 Å². The van der Waals surface area contributed by atoms with Gasteiger partial charge in [0.05, 0.1) is 6.54 Å². The lowest BCUT2D eigenvalue weighted by Crippen LogP contribution is -2.55. The van der Waals surface area contributed by atoms with E-state index >= 15 is 0 Å². The minimum absolute atomic E-state index is 0. The molecule has 1 N–H and O–H groups in total. The van der Waals surface area contributed by atoms with Crippen molar-refractivity contribution in [3.63, 3.8) is 0 Å². The molecule has 28 heavy (non-hydrogen) atoms. The second kappa shape index (κ2) is 12.5. The molecule has 0 aromatic carbocycles. The van der Waals surface area contributed by atoms with Crippen molar-refractivity contribution in [2.24, 2.45) is 4.99 Å². The summed E-state index contributed by atoms with van der Waals surface area (Å²) in [5.41, 5.74) is 0. The summed E-state index contributed by atoms with van der Waals surface area (Å²) in [7, 11) is 3.49. The Morgan fingerprint density at radius 3 is 2.18 bits per heavy atom. The fraction of sp³-hybridized carbons (Fsp3) is 0.842. The molecule has 0 radical (unpaired) electrons. The molecule has 1 atom stereocenters. The third-order valence-corrected chi connectivity index (χ3v) is 5.34. The average Bonchev–Trinajstić information content (AvgIpc) is 3.20. The molecule has 2 aliphatic heterocycles. The number of likely N-dealkylation sites (N-methyl/N-ethyl adjacent to an activating group) is 1. The number of likely N-dealkylation sites (tertiary alicyclic amines) is 1. The second-order valence-corrected chi connectivity index (χ2v) is 7.73. The Labute approximate surface area is 186 Å². The molecule has 2 amide bonds. The molecule has 2 aliphatic rings. The number of guanidine groups is 1. The molecule has 9 heteroatoms. The molecular weight excluding hydrogens is 471 g/mol. The smallest absolute Gasteiger partial charge is 0.243 e. The lowest BCUT2D eigenvalue weighted by Gasteiger charge is -2.37. The minimum atomic E-state index is -0.00621. The molecule has 0 spiro atoms. The van der Waals surface area contributed by atoms with Crippen LogP contribution in [0.25, 0.3) is 0 Å². The van der Waals surface area contributed by atoms with E-state index in [1.165, 1.54) is 0 Å². The van der Waals surface area contributed by atoms with E-state index in [1.807, 2.05) is 4.90 Å². The number of carbonyl (C=O) groups excluding carboxylic acids is 2. The lowest BCUT2D eigenvalue weighted by atomic mass is 10.2. The third-order valence-electron chi connectivity index (χ3n) is 5.34. The number of carbonyl (C=O) groups is 2. The Hall–Kier alpha value is -1.10. The van der Waals surface area contributed by atoms with Crippen LogP contribution in [0.1, 0.15) is 33.1 Å². The predicted octanol–water partition coefficient (Wildman–Crippen LogP) is 0.677. The maximum absolute atomic E-state index is 12.3. The van der Waals surface area contributed by atoms with E-state index in [2.05, 4.69) is 34.0 Å². The van der Waals surface area contributed by atoms with Crippen molar-refractivity contribution in [2.45, 2.75) is 39.2 Å². The highest BCUT2D eigenvalue weighted by Gasteiger charge is 2.25. The lowest BCUT2D eigenvalue weighted by molar-refractivity contribution is -0.131. The van der Waals surface area contributed by atoms with Crippen LogP contribution in [0, 0.1) is 0 Å². The molecule has 1 unspecified atom stereocenters. The normalized spacial score (nSPS) is 19.2. The van der Waals surface area contributed by atoms with Crippen LogP contribution in [0.5, 0.6) is 0 Å². The summed E-state index contributed by atoms with van der Waals surface area (Å²) in [6, 6.07) is 0.299. The van der Waals surface area contributed by atoms with E-state index in [4.69, 9.17) is 0 Å². The van der Waals surface area contributed by atoms with Crippen molar-refractivity contribution in [1.29, 1.82) is 0 Å². The maximum atomic E-state index is 12.3. The molecular formula is C19H37IN6O2. The van der Waals surface area contributed by atoms with E-state index in [0.29, 0.717) is 12.6 Å². The molecule has 8 nitrogen and oxygen atoms in total. The average molecular weight is 508 g/mol. The molecule has 2 fully saturated rings. The Balaban J connectivity index is 0.00000392. The summed E-state index contributed by atoms with van der Waals surface area (Å²) < 4.78 is 0. The SMILES string of the molecule is CCC(C)NC(=NCC(=O)N(C)C)N1CCN(CC(=O)N2CCCC2)CC1.I. The Kier molecular flexibility index (Phi) is 11.1. The summed E-state index contributed by atoms with van der Waals surface area (Å²) in [6.45, 7) is 10.0. The van der Waals surface area contributed by atoms with Crippen molar-refractivity contribution in [3.8, 4) is 0 Å². The van der Waals surface area contributed by atoms with Gasteiger partial charge in [-0.15, -0.1) is 24.0 Å². The Morgan fingerprint density at radius 1 is 1.04 bits per heavy atom. The van der Waals surface area contributed by atoms with Gasteiger partial charge in [0.1, 0.15) is 6.54 Å². The van der Waals surface area contributed by atoms with Crippen molar-refractivity contribution in [1.82, 2.24) is 24.9 Å². The molecule has 0 aliphatic carbocycles. The predicted molar refractivity (Wildman–Crippen MR) is 123 cm³/mol. The van der Waals surface area contributed by atoms with Crippen LogP contribution < -0.4 is 5.32 Å². The van der Waals surface area contributed by atoms with Crippen LogP contribution in [0.4, 0.5) is 0 Å². The molecule has 2 saturated heterocycles. The first-order chi connectivity index (χ1) is 12.9. The number of hydrogen-bond donors (Lipinski definition) is 1. The fourth-order valence-corrected chi connectivity index (χ4v) is 3.22. The highest BCUT2D eigenvalue weighted by Crippen LogP contribution is 2.09. The van der Waals surface area contributed by atoms with Crippen LogP contribution in [0.15, 0.2) is 4.99 Å². The van der Waals surface area contributed by atoms with Crippen LogP contribution in [0.3, 0.4) is 0 Å². The molecule has 2 heterocycles. The largest absolute Gasteiger partial charge is 0.354 e. The first-order valence-electron chi connectivity index (χ1n) is 10.2. The fourth-order valence-electron chi connectivity index (χ4n) is 3.22. The van der Waals surface area contributed by atoms with Crippen LogP contribution in [-0.4, -0.2) is 110 Å². The van der Waals surface area contributed by atoms with Gasteiger partial charge in [-0.2, -0.15) is 0 Å². The highest BCUT2D eigenvalue weighted by molar-refractivity contribution is 14.0. The summed E-state index contributed by atoms with van der Waals surface area (Å²) in [6.07, 6.45) is 3.25. The molecule has 0 bridgehead atoms.